The molecule has 0 amide bonds. The molecule has 1 aromatic heterocycles. The Morgan fingerprint density at radius 2 is 2.20 bits per heavy atom. The topological polar surface area (TPSA) is 50.2 Å². The highest BCUT2D eigenvalue weighted by Crippen LogP contribution is 2.23. The summed E-state index contributed by atoms with van der Waals surface area (Å²) in [5, 5.41) is 9.70. The molecule has 2 aromatic rings. The van der Waals surface area contributed by atoms with Crippen molar-refractivity contribution in [3.05, 3.63) is 30.0 Å². The molecular weight excluding hydrogens is 210 g/mol. The van der Waals surface area contributed by atoms with Crippen molar-refractivity contribution < 1.29 is 9.90 Å². The molecule has 3 nitrogen and oxygen atoms in total. The van der Waals surface area contributed by atoms with Gasteiger partial charge in [-0.1, -0.05) is 18.2 Å². The van der Waals surface area contributed by atoms with Crippen LogP contribution in [0.25, 0.3) is 10.1 Å². The first-order valence-corrected chi connectivity index (χ1v) is 5.60. The zero-order valence-electron chi connectivity index (χ0n) is 8.14. The molecule has 0 unspecified atom stereocenters. The van der Waals surface area contributed by atoms with Gasteiger partial charge in [0.1, 0.15) is 0 Å². The number of fused-ring (bicyclic) bond motifs is 1. The molecule has 0 aliphatic heterocycles. The van der Waals surface area contributed by atoms with Crippen molar-refractivity contribution in [1.82, 2.24) is 4.37 Å². The molecule has 2 rings (SSSR count). The Kier molecular flexibility index (Phi) is 2.97. The molecule has 78 valence electrons. The molecule has 0 fully saturated rings. The molecule has 0 aliphatic carbocycles. The fourth-order valence-corrected chi connectivity index (χ4v) is 2.35. The zero-order chi connectivity index (χ0) is 10.7. The first-order chi connectivity index (χ1) is 7.27. The minimum absolute atomic E-state index is 0.214. The van der Waals surface area contributed by atoms with Crippen LogP contribution in [-0.4, -0.2) is 15.4 Å². The number of aliphatic carboxylic acids is 1. The van der Waals surface area contributed by atoms with E-state index >= 15 is 0 Å². The van der Waals surface area contributed by atoms with Gasteiger partial charge in [-0.3, -0.25) is 4.79 Å². The summed E-state index contributed by atoms with van der Waals surface area (Å²) >= 11 is 1.48. The van der Waals surface area contributed by atoms with Gasteiger partial charge in [-0.25, -0.2) is 0 Å². The predicted octanol–water partition coefficient (Wildman–Crippen LogP) is 2.70. The van der Waals surface area contributed by atoms with Crippen molar-refractivity contribution in [2.24, 2.45) is 0 Å². The van der Waals surface area contributed by atoms with Gasteiger partial charge in [-0.2, -0.15) is 4.37 Å². The van der Waals surface area contributed by atoms with Crippen LogP contribution in [-0.2, 0) is 11.2 Å². The van der Waals surface area contributed by atoms with Crippen LogP contribution < -0.4 is 0 Å². The van der Waals surface area contributed by atoms with E-state index in [1.54, 1.807) is 0 Å². The quantitative estimate of drug-likeness (QED) is 0.863. The summed E-state index contributed by atoms with van der Waals surface area (Å²) in [4.78, 5) is 10.4. The fourth-order valence-electron chi connectivity index (χ4n) is 1.53. The van der Waals surface area contributed by atoms with E-state index in [2.05, 4.69) is 4.37 Å². The second-order valence-corrected chi connectivity index (χ2v) is 4.18. The number of nitrogens with zero attached hydrogens (tertiary/aromatic N) is 1. The van der Waals surface area contributed by atoms with Crippen LogP contribution in [0.1, 0.15) is 18.5 Å². The van der Waals surface area contributed by atoms with E-state index in [9.17, 15) is 4.79 Å². The molecule has 0 atom stereocenters. The molecule has 1 heterocycles. The highest BCUT2D eigenvalue weighted by Gasteiger charge is 2.05. The maximum Gasteiger partial charge on any atom is 0.303 e. The van der Waals surface area contributed by atoms with E-state index in [0.717, 1.165) is 17.5 Å². The van der Waals surface area contributed by atoms with Gasteiger partial charge >= 0.3 is 5.97 Å². The fraction of sp³-hybridized carbons (Fsp3) is 0.273. The van der Waals surface area contributed by atoms with Crippen LogP contribution in [0.3, 0.4) is 0 Å². The van der Waals surface area contributed by atoms with Gasteiger partial charge in [0.2, 0.25) is 0 Å². The Bertz CT molecular complexity index is 478. The first-order valence-electron chi connectivity index (χ1n) is 4.82. The molecule has 0 aliphatic rings. The lowest BCUT2D eigenvalue weighted by atomic mass is 10.1. The largest absolute Gasteiger partial charge is 0.481 e. The highest BCUT2D eigenvalue weighted by molar-refractivity contribution is 7.13. The maximum absolute atomic E-state index is 10.4. The zero-order valence-corrected chi connectivity index (χ0v) is 8.96. The second kappa shape index (κ2) is 4.40. The van der Waals surface area contributed by atoms with E-state index in [0.29, 0.717) is 6.42 Å². The van der Waals surface area contributed by atoms with Crippen LogP contribution in [0, 0.1) is 0 Å². The van der Waals surface area contributed by atoms with Crippen LogP contribution in [0.15, 0.2) is 24.3 Å². The van der Waals surface area contributed by atoms with E-state index in [4.69, 9.17) is 5.11 Å². The first kappa shape index (κ1) is 10.1. The van der Waals surface area contributed by atoms with Crippen LogP contribution in [0.2, 0.25) is 0 Å². The standard InChI is InChI=1S/C11H11NO2S/c13-11(14)7-3-5-9-8-4-1-2-6-10(8)15-12-9/h1-2,4,6H,3,5,7H2,(H,13,14). The molecule has 0 bridgehead atoms. The summed E-state index contributed by atoms with van der Waals surface area (Å²) in [6.45, 7) is 0. The number of carboxylic acids is 1. The number of hydrogen-bond donors (Lipinski definition) is 1. The smallest absolute Gasteiger partial charge is 0.303 e. The van der Waals surface area contributed by atoms with E-state index in [1.807, 2.05) is 24.3 Å². The lowest BCUT2D eigenvalue weighted by Crippen LogP contribution is -1.96. The molecule has 1 N–H and O–H groups in total. The second-order valence-electron chi connectivity index (χ2n) is 3.37. The number of carbonyl (C=O) groups is 1. The highest BCUT2D eigenvalue weighted by atomic mass is 32.1. The van der Waals surface area contributed by atoms with Crippen LogP contribution >= 0.6 is 11.5 Å². The molecule has 0 radical (unpaired) electrons. The van der Waals surface area contributed by atoms with Gasteiger partial charge in [-0.15, -0.1) is 0 Å². The number of carboxylic acid groups (broad SMARTS) is 1. The third kappa shape index (κ3) is 2.33. The van der Waals surface area contributed by atoms with E-state index in [-0.39, 0.29) is 6.42 Å². The summed E-state index contributed by atoms with van der Waals surface area (Å²) in [6, 6.07) is 8.04. The van der Waals surface area contributed by atoms with E-state index in [1.165, 1.54) is 16.2 Å². The Morgan fingerprint density at radius 1 is 1.40 bits per heavy atom. The van der Waals surface area contributed by atoms with Gasteiger partial charge in [0.15, 0.2) is 0 Å². The van der Waals surface area contributed by atoms with Crippen LogP contribution in [0.4, 0.5) is 0 Å². The summed E-state index contributed by atoms with van der Waals surface area (Å²) < 4.78 is 5.51. The third-order valence-corrected chi connectivity index (χ3v) is 3.12. The molecule has 0 saturated carbocycles. The van der Waals surface area contributed by atoms with Crippen molar-refractivity contribution in [2.75, 3.05) is 0 Å². The van der Waals surface area contributed by atoms with Gasteiger partial charge < -0.3 is 5.11 Å². The average molecular weight is 221 g/mol. The summed E-state index contributed by atoms with van der Waals surface area (Å²) in [5.74, 6) is -0.741. The van der Waals surface area contributed by atoms with Crippen molar-refractivity contribution in [3.63, 3.8) is 0 Å². The van der Waals surface area contributed by atoms with Gasteiger partial charge in [-0.05, 0) is 30.4 Å². The minimum atomic E-state index is -0.741. The molecule has 1 aromatic carbocycles. The van der Waals surface area contributed by atoms with Crippen LogP contribution in [0.5, 0.6) is 0 Å². The van der Waals surface area contributed by atoms with Crippen molar-refractivity contribution in [3.8, 4) is 0 Å². The normalized spacial score (nSPS) is 10.7. The lowest BCUT2D eigenvalue weighted by molar-refractivity contribution is -0.137. The number of benzene rings is 1. The molecule has 0 spiro atoms. The monoisotopic (exact) mass is 221 g/mol. The number of rotatable bonds is 4. The average Bonchev–Trinajstić information content (AvgIpc) is 2.62. The lowest BCUT2D eigenvalue weighted by Gasteiger charge is -1.95. The van der Waals surface area contributed by atoms with Crippen molar-refractivity contribution >= 4 is 27.6 Å². The van der Waals surface area contributed by atoms with Crippen molar-refractivity contribution in [1.29, 1.82) is 0 Å². The van der Waals surface area contributed by atoms with E-state index < -0.39 is 5.97 Å². The minimum Gasteiger partial charge on any atom is -0.481 e. The molecular formula is C11H11NO2S. The summed E-state index contributed by atoms with van der Waals surface area (Å²) in [5.41, 5.74) is 1.02. The van der Waals surface area contributed by atoms with Crippen molar-refractivity contribution in [2.45, 2.75) is 19.3 Å². The Labute approximate surface area is 91.5 Å². The Hall–Kier alpha value is -1.42. The maximum atomic E-state index is 10.4. The summed E-state index contributed by atoms with van der Waals surface area (Å²) in [7, 11) is 0. The van der Waals surface area contributed by atoms with Gasteiger partial charge in [0.05, 0.1) is 10.4 Å². The molecule has 0 saturated heterocycles. The molecule has 15 heavy (non-hydrogen) atoms. The Morgan fingerprint density at radius 3 is 3.00 bits per heavy atom. The predicted molar refractivity (Wildman–Crippen MR) is 60.2 cm³/mol. The third-order valence-electron chi connectivity index (χ3n) is 2.26. The number of aromatic nitrogens is 1. The molecule has 4 heteroatoms. The van der Waals surface area contributed by atoms with Gasteiger partial charge in [0, 0.05) is 11.8 Å². The van der Waals surface area contributed by atoms with Gasteiger partial charge in [0.25, 0.3) is 0 Å². The Balaban J connectivity index is 2.11. The summed E-state index contributed by atoms with van der Waals surface area (Å²) in [6.07, 6.45) is 1.62. The number of aryl methyl sites for hydroxylation is 1. The SMILES string of the molecule is O=C(O)CCCc1nsc2ccccc12. The number of hydrogen-bond acceptors (Lipinski definition) is 3.